The van der Waals surface area contributed by atoms with Crippen LogP contribution < -0.4 is 19.1 Å². The van der Waals surface area contributed by atoms with Gasteiger partial charge in [-0.3, -0.25) is 13.9 Å². The van der Waals surface area contributed by atoms with Crippen molar-refractivity contribution in [3.8, 4) is 11.5 Å². The molecule has 0 aromatic heterocycles. The maximum Gasteiger partial charge on any atom is 0.264 e. The molecule has 0 heterocycles. The van der Waals surface area contributed by atoms with Gasteiger partial charge in [0.25, 0.3) is 10.0 Å². The van der Waals surface area contributed by atoms with E-state index in [1.54, 1.807) is 54.6 Å². The number of rotatable bonds is 13. The van der Waals surface area contributed by atoms with E-state index in [9.17, 15) is 18.0 Å². The lowest BCUT2D eigenvalue weighted by Crippen LogP contribution is -2.56. The van der Waals surface area contributed by atoms with E-state index in [1.165, 1.54) is 37.3 Å². The van der Waals surface area contributed by atoms with Crippen molar-refractivity contribution < 1.29 is 27.5 Å². The quantitative estimate of drug-likeness (QED) is 0.183. The molecule has 0 aliphatic rings. The van der Waals surface area contributed by atoms with Crippen LogP contribution >= 0.6 is 11.6 Å². The summed E-state index contributed by atoms with van der Waals surface area (Å²) in [7, 11) is -1.45. The monoisotopic (exact) mass is 677 g/mol. The van der Waals surface area contributed by atoms with Gasteiger partial charge in [0.1, 0.15) is 12.6 Å². The molecule has 0 saturated heterocycles. The fraction of sp³-hybridized carbons (Fsp3) is 0.278. The van der Waals surface area contributed by atoms with Crippen LogP contribution in [0, 0.1) is 0 Å². The van der Waals surface area contributed by atoms with E-state index >= 15 is 0 Å². The van der Waals surface area contributed by atoms with E-state index in [1.807, 2.05) is 51.1 Å². The molecule has 0 saturated carbocycles. The molecule has 11 heteroatoms. The van der Waals surface area contributed by atoms with E-state index in [0.717, 1.165) is 15.4 Å². The Morgan fingerprint density at radius 3 is 1.98 bits per heavy atom. The van der Waals surface area contributed by atoms with Crippen molar-refractivity contribution >= 4 is 39.1 Å². The van der Waals surface area contributed by atoms with Gasteiger partial charge in [0, 0.05) is 29.6 Å². The summed E-state index contributed by atoms with van der Waals surface area (Å²) >= 11 is 6.15. The molecule has 0 radical (unpaired) electrons. The van der Waals surface area contributed by atoms with Crippen LogP contribution in [-0.2, 0) is 32.6 Å². The van der Waals surface area contributed by atoms with Gasteiger partial charge in [0.2, 0.25) is 11.8 Å². The average molecular weight is 678 g/mol. The molecule has 0 aliphatic heterocycles. The van der Waals surface area contributed by atoms with Crippen molar-refractivity contribution in [1.82, 2.24) is 10.2 Å². The Morgan fingerprint density at radius 2 is 1.40 bits per heavy atom. The van der Waals surface area contributed by atoms with Gasteiger partial charge in [-0.1, -0.05) is 72.3 Å². The number of carbonyl (C=O) groups is 2. The first kappa shape index (κ1) is 35.3. The number of benzene rings is 4. The lowest BCUT2D eigenvalue weighted by molar-refractivity contribution is -0.140. The molecular weight excluding hydrogens is 638 g/mol. The van der Waals surface area contributed by atoms with Crippen molar-refractivity contribution in [3.05, 3.63) is 119 Å². The minimum absolute atomic E-state index is 0.0318. The highest BCUT2D eigenvalue weighted by molar-refractivity contribution is 7.92. The molecule has 0 unspecified atom stereocenters. The van der Waals surface area contributed by atoms with Crippen LogP contribution in [0.2, 0.25) is 5.02 Å². The molecular formula is C36H40ClN3O6S. The minimum Gasteiger partial charge on any atom is -0.493 e. The maximum atomic E-state index is 14.6. The number of halogens is 1. The van der Waals surface area contributed by atoms with E-state index < -0.39 is 34.1 Å². The average Bonchev–Trinajstić information content (AvgIpc) is 3.05. The van der Waals surface area contributed by atoms with Crippen molar-refractivity contribution in [2.24, 2.45) is 0 Å². The highest BCUT2D eigenvalue weighted by Crippen LogP contribution is 2.32. The van der Waals surface area contributed by atoms with E-state index in [4.69, 9.17) is 21.1 Å². The highest BCUT2D eigenvalue weighted by atomic mass is 35.5. The zero-order chi connectivity index (χ0) is 34.2. The summed E-state index contributed by atoms with van der Waals surface area (Å²) in [5.74, 6) is -0.355. The third-order valence-electron chi connectivity index (χ3n) is 7.30. The molecule has 0 bridgehead atoms. The number of sulfonamides is 1. The van der Waals surface area contributed by atoms with Crippen LogP contribution in [0.3, 0.4) is 0 Å². The molecule has 4 aromatic carbocycles. The van der Waals surface area contributed by atoms with Gasteiger partial charge in [-0.2, -0.15) is 0 Å². The second kappa shape index (κ2) is 15.4. The lowest BCUT2D eigenvalue weighted by atomic mass is 10.0. The van der Waals surface area contributed by atoms with Crippen molar-refractivity contribution in [1.29, 1.82) is 0 Å². The Morgan fingerprint density at radius 1 is 0.809 bits per heavy atom. The lowest BCUT2D eigenvalue weighted by Gasteiger charge is -2.35. The molecule has 248 valence electrons. The van der Waals surface area contributed by atoms with Gasteiger partial charge >= 0.3 is 0 Å². The second-order valence-electron chi connectivity index (χ2n) is 12.0. The molecule has 1 N–H and O–H groups in total. The Kier molecular flexibility index (Phi) is 11.5. The Hall–Kier alpha value is -4.54. The Labute approximate surface area is 282 Å². The summed E-state index contributed by atoms with van der Waals surface area (Å²) in [4.78, 5) is 29.9. The topological polar surface area (TPSA) is 105 Å². The molecule has 2 amide bonds. The molecule has 4 aromatic rings. The molecule has 1 atom stereocenters. The minimum atomic E-state index is -4.32. The largest absolute Gasteiger partial charge is 0.493 e. The van der Waals surface area contributed by atoms with Gasteiger partial charge in [0.15, 0.2) is 11.5 Å². The number of para-hydroxylation sites is 1. The Balaban J connectivity index is 1.82. The number of hydrogen-bond acceptors (Lipinski definition) is 6. The van der Waals surface area contributed by atoms with Crippen molar-refractivity contribution in [3.63, 3.8) is 0 Å². The number of methoxy groups -OCH3 is 2. The predicted octanol–water partition coefficient (Wildman–Crippen LogP) is 6.11. The number of amides is 2. The third kappa shape index (κ3) is 9.27. The highest BCUT2D eigenvalue weighted by Gasteiger charge is 2.36. The standard InChI is InChI=1S/C36H40ClN3O6S/c1-36(2,3)38-35(42)31(22-26-12-8-6-9-13-26)39(24-27-16-18-28(37)19-17-27)34(41)25-40(29-14-10-7-11-15-29)47(43,44)30-20-21-32(45-4)33(23-30)46-5/h6-21,23,31H,22,24-25H2,1-5H3,(H,38,42)/t31-/m1/s1. The van der Waals surface area contributed by atoms with Gasteiger partial charge in [-0.25, -0.2) is 8.42 Å². The molecule has 0 aliphatic carbocycles. The number of ether oxygens (including phenoxy) is 2. The van der Waals surface area contributed by atoms with Crippen molar-refractivity contribution in [2.75, 3.05) is 25.1 Å². The number of hydrogen-bond donors (Lipinski definition) is 1. The van der Waals surface area contributed by atoms with Crippen LogP contribution in [0.25, 0.3) is 0 Å². The van der Waals surface area contributed by atoms with Crippen LogP contribution in [0.1, 0.15) is 31.9 Å². The maximum absolute atomic E-state index is 14.6. The fourth-order valence-corrected chi connectivity index (χ4v) is 6.58. The summed E-state index contributed by atoms with van der Waals surface area (Å²) in [5.41, 5.74) is 1.25. The molecule has 47 heavy (non-hydrogen) atoms. The number of nitrogens with zero attached hydrogens (tertiary/aromatic N) is 2. The first-order valence-electron chi connectivity index (χ1n) is 15.0. The van der Waals surface area contributed by atoms with Gasteiger partial charge in [-0.05, 0) is 68.3 Å². The molecule has 9 nitrogen and oxygen atoms in total. The van der Waals surface area contributed by atoms with E-state index in [-0.39, 0.29) is 35.2 Å². The summed E-state index contributed by atoms with van der Waals surface area (Å²) in [5, 5.41) is 3.55. The van der Waals surface area contributed by atoms with Gasteiger partial charge < -0.3 is 19.7 Å². The zero-order valence-electron chi connectivity index (χ0n) is 27.1. The van der Waals surface area contributed by atoms with Crippen molar-refractivity contribution in [2.45, 2.75) is 50.2 Å². The van der Waals surface area contributed by atoms with Gasteiger partial charge in [0.05, 0.1) is 24.8 Å². The van der Waals surface area contributed by atoms with E-state index in [2.05, 4.69) is 5.32 Å². The Bertz CT molecular complexity index is 1760. The molecule has 0 spiro atoms. The van der Waals surface area contributed by atoms with E-state index in [0.29, 0.717) is 10.8 Å². The summed E-state index contributed by atoms with van der Waals surface area (Å²) in [6, 6.07) is 28.0. The van der Waals surface area contributed by atoms with Crippen LogP contribution in [0.15, 0.2) is 108 Å². The molecule has 0 fully saturated rings. The van der Waals surface area contributed by atoms with Crippen LogP contribution in [-0.4, -0.2) is 57.5 Å². The summed E-state index contributed by atoms with van der Waals surface area (Å²) in [6.07, 6.45) is 0.204. The SMILES string of the molecule is COc1ccc(S(=O)(=O)N(CC(=O)N(Cc2ccc(Cl)cc2)[C@H](Cc2ccccc2)C(=O)NC(C)(C)C)c2ccccc2)cc1OC. The fourth-order valence-electron chi connectivity index (χ4n) is 5.02. The van der Waals surface area contributed by atoms with Gasteiger partial charge in [-0.15, -0.1) is 0 Å². The number of anilines is 1. The zero-order valence-corrected chi connectivity index (χ0v) is 28.7. The number of nitrogens with one attached hydrogen (secondary N) is 1. The summed E-state index contributed by atoms with van der Waals surface area (Å²) in [6.45, 7) is 5.04. The smallest absolute Gasteiger partial charge is 0.264 e. The number of carbonyl (C=O) groups excluding carboxylic acids is 2. The second-order valence-corrected chi connectivity index (χ2v) is 14.3. The normalized spacial score (nSPS) is 12.1. The van der Waals surface area contributed by atoms with Crippen LogP contribution in [0.5, 0.6) is 11.5 Å². The van der Waals surface area contributed by atoms with Crippen LogP contribution in [0.4, 0.5) is 5.69 Å². The summed E-state index contributed by atoms with van der Waals surface area (Å²) < 4.78 is 40.3. The first-order valence-corrected chi connectivity index (χ1v) is 16.8. The predicted molar refractivity (Wildman–Crippen MR) is 184 cm³/mol. The first-order chi connectivity index (χ1) is 22.3. The molecule has 4 rings (SSSR count). The third-order valence-corrected chi connectivity index (χ3v) is 9.32.